The SMILES string of the molecule is C=C(CN1CC(CN)CC1C)c1ccccc1. The highest BCUT2D eigenvalue weighted by Crippen LogP contribution is 2.24. The first-order chi connectivity index (χ1) is 8.20. The molecule has 0 saturated carbocycles. The summed E-state index contributed by atoms with van der Waals surface area (Å²) in [5.74, 6) is 0.661. The van der Waals surface area contributed by atoms with Gasteiger partial charge in [-0.3, -0.25) is 4.90 Å². The van der Waals surface area contributed by atoms with Crippen LogP contribution in [-0.4, -0.2) is 30.6 Å². The lowest BCUT2D eigenvalue weighted by Crippen LogP contribution is -2.29. The van der Waals surface area contributed by atoms with Crippen LogP contribution < -0.4 is 5.73 Å². The molecule has 2 N–H and O–H groups in total. The van der Waals surface area contributed by atoms with Gasteiger partial charge in [0, 0.05) is 19.1 Å². The van der Waals surface area contributed by atoms with Crippen LogP contribution in [0.1, 0.15) is 18.9 Å². The zero-order valence-electron chi connectivity index (χ0n) is 10.6. The van der Waals surface area contributed by atoms with Crippen LogP contribution in [0.3, 0.4) is 0 Å². The van der Waals surface area contributed by atoms with Crippen LogP contribution in [0.15, 0.2) is 36.9 Å². The van der Waals surface area contributed by atoms with Crippen molar-refractivity contribution in [3.05, 3.63) is 42.5 Å². The van der Waals surface area contributed by atoms with Gasteiger partial charge in [-0.05, 0) is 36.9 Å². The van der Waals surface area contributed by atoms with Gasteiger partial charge in [0.15, 0.2) is 0 Å². The maximum atomic E-state index is 5.75. The van der Waals surface area contributed by atoms with Crippen LogP contribution in [0.2, 0.25) is 0 Å². The van der Waals surface area contributed by atoms with Gasteiger partial charge in [0.25, 0.3) is 0 Å². The van der Waals surface area contributed by atoms with Crippen LogP contribution >= 0.6 is 0 Å². The van der Waals surface area contributed by atoms with Crippen molar-refractivity contribution in [2.45, 2.75) is 19.4 Å². The van der Waals surface area contributed by atoms with Crippen molar-refractivity contribution in [2.24, 2.45) is 11.7 Å². The molecule has 17 heavy (non-hydrogen) atoms. The third-order valence-electron chi connectivity index (χ3n) is 3.70. The number of hydrogen-bond donors (Lipinski definition) is 1. The molecule has 1 aromatic carbocycles. The van der Waals surface area contributed by atoms with Gasteiger partial charge in [-0.2, -0.15) is 0 Å². The van der Waals surface area contributed by atoms with Crippen molar-refractivity contribution in [3.63, 3.8) is 0 Å². The molecule has 2 unspecified atom stereocenters. The Labute approximate surface area is 104 Å². The molecule has 2 rings (SSSR count). The monoisotopic (exact) mass is 230 g/mol. The Hall–Kier alpha value is -1.12. The summed E-state index contributed by atoms with van der Waals surface area (Å²) in [7, 11) is 0. The molecule has 1 fully saturated rings. The van der Waals surface area contributed by atoms with Gasteiger partial charge in [0.1, 0.15) is 0 Å². The number of nitrogens with zero attached hydrogens (tertiary/aromatic N) is 1. The molecule has 2 atom stereocenters. The average molecular weight is 230 g/mol. The Morgan fingerprint density at radius 2 is 2.12 bits per heavy atom. The van der Waals surface area contributed by atoms with Crippen LogP contribution in [0.4, 0.5) is 0 Å². The Morgan fingerprint density at radius 3 is 2.71 bits per heavy atom. The topological polar surface area (TPSA) is 29.3 Å². The van der Waals surface area contributed by atoms with Gasteiger partial charge in [0.2, 0.25) is 0 Å². The van der Waals surface area contributed by atoms with E-state index >= 15 is 0 Å². The van der Waals surface area contributed by atoms with Gasteiger partial charge in [-0.25, -0.2) is 0 Å². The Kier molecular flexibility index (Phi) is 3.97. The quantitative estimate of drug-likeness (QED) is 0.860. The smallest absolute Gasteiger partial charge is 0.0236 e. The van der Waals surface area contributed by atoms with Gasteiger partial charge in [-0.1, -0.05) is 36.9 Å². The second kappa shape index (κ2) is 5.48. The van der Waals surface area contributed by atoms with E-state index < -0.39 is 0 Å². The first kappa shape index (κ1) is 12.3. The predicted octanol–water partition coefficient (Wildman–Crippen LogP) is 2.37. The van der Waals surface area contributed by atoms with E-state index in [4.69, 9.17) is 5.73 Å². The zero-order chi connectivity index (χ0) is 12.3. The van der Waals surface area contributed by atoms with Crippen LogP contribution in [0.25, 0.3) is 5.57 Å². The first-order valence-electron chi connectivity index (χ1n) is 6.38. The van der Waals surface area contributed by atoms with E-state index in [0.29, 0.717) is 12.0 Å². The average Bonchev–Trinajstić information content (AvgIpc) is 2.71. The van der Waals surface area contributed by atoms with E-state index in [1.54, 1.807) is 0 Å². The summed E-state index contributed by atoms with van der Waals surface area (Å²) in [6, 6.07) is 11.1. The fourth-order valence-corrected chi connectivity index (χ4v) is 2.62. The molecule has 1 aliphatic heterocycles. The maximum absolute atomic E-state index is 5.75. The number of likely N-dealkylation sites (tertiary alicyclic amines) is 1. The highest BCUT2D eigenvalue weighted by atomic mass is 15.2. The summed E-state index contributed by atoms with van der Waals surface area (Å²) < 4.78 is 0. The minimum atomic E-state index is 0.629. The zero-order valence-corrected chi connectivity index (χ0v) is 10.6. The molecular weight excluding hydrogens is 208 g/mol. The number of hydrogen-bond acceptors (Lipinski definition) is 2. The van der Waals surface area contributed by atoms with Crippen molar-refractivity contribution in [1.29, 1.82) is 0 Å². The molecule has 1 aromatic rings. The Morgan fingerprint density at radius 1 is 1.41 bits per heavy atom. The molecule has 0 bridgehead atoms. The summed E-state index contributed by atoms with van der Waals surface area (Å²) in [5.41, 5.74) is 8.20. The van der Waals surface area contributed by atoms with E-state index in [-0.39, 0.29) is 0 Å². The van der Waals surface area contributed by atoms with Crippen LogP contribution in [0, 0.1) is 5.92 Å². The molecule has 0 radical (unpaired) electrons. The van der Waals surface area contributed by atoms with Gasteiger partial charge in [-0.15, -0.1) is 0 Å². The van der Waals surface area contributed by atoms with E-state index in [1.807, 2.05) is 6.07 Å². The van der Waals surface area contributed by atoms with E-state index in [2.05, 4.69) is 42.7 Å². The lowest BCUT2D eigenvalue weighted by atomic mass is 10.1. The fourth-order valence-electron chi connectivity index (χ4n) is 2.62. The molecule has 1 aliphatic rings. The van der Waals surface area contributed by atoms with E-state index in [9.17, 15) is 0 Å². The lowest BCUT2D eigenvalue weighted by molar-refractivity contribution is 0.298. The predicted molar refractivity (Wildman–Crippen MR) is 73.7 cm³/mol. The van der Waals surface area contributed by atoms with Crippen LogP contribution in [-0.2, 0) is 0 Å². The normalized spacial score (nSPS) is 25.1. The second-order valence-corrected chi connectivity index (χ2v) is 5.09. The minimum absolute atomic E-state index is 0.629. The lowest BCUT2D eigenvalue weighted by Gasteiger charge is -2.22. The first-order valence-corrected chi connectivity index (χ1v) is 6.38. The molecule has 1 heterocycles. The summed E-state index contributed by atoms with van der Waals surface area (Å²) in [5, 5.41) is 0. The van der Waals surface area contributed by atoms with Crippen LogP contribution in [0.5, 0.6) is 0 Å². The van der Waals surface area contributed by atoms with Crippen molar-refractivity contribution >= 4 is 5.57 Å². The summed E-state index contributed by atoms with van der Waals surface area (Å²) in [6.45, 7) is 9.37. The molecule has 0 spiro atoms. The number of rotatable bonds is 4. The number of nitrogens with two attached hydrogens (primary N) is 1. The largest absolute Gasteiger partial charge is 0.330 e. The highest BCUT2D eigenvalue weighted by Gasteiger charge is 2.28. The Bertz CT molecular complexity index is 372. The molecule has 92 valence electrons. The molecule has 1 saturated heterocycles. The van der Waals surface area contributed by atoms with E-state index in [0.717, 1.165) is 19.6 Å². The third kappa shape index (κ3) is 2.96. The molecule has 0 aliphatic carbocycles. The summed E-state index contributed by atoms with van der Waals surface area (Å²) >= 11 is 0. The van der Waals surface area contributed by atoms with Crippen molar-refractivity contribution < 1.29 is 0 Å². The van der Waals surface area contributed by atoms with Gasteiger partial charge >= 0.3 is 0 Å². The molecular formula is C15H22N2. The fraction of sp³-hybridized carbons (Fsp3) is 0.467. The van der Waals surface area contributed by atoms with Gasteiger partial charge < -0.3 is 5.73 Å². The van der Waals surface area contributed by atoms with Crippen molar-refractivity contribution in [3.8, 4) is 0 Å². The minimum Gasteiger partial charge on any atom is -0.330 e. The van der Waals surface area contributed by atoms with Gasteiger partial charge in [0.05, 0.1) is 0 Å². The summed E-state index contributed by atoms with van der Waals surface area (Å²) in [4.78, 5) is 2.49. The van der Waals surface area contributed by atoms with E-state index in [1.165, 1.54) is 17.6 Å². The third-order valence-corrected chi connectivity index (χ3v) is 3.70. The van der Waals surface area contributed by atoms with Crippen molar-refractivity contribution in [2.75, 3.05) is 19.6 Å². The van der Waals surface area contributed by atoms with Crippen molar-refractivity contribution in [1.82, 2.24) is 4.90 Å². The molecule has 0 amide bonds. The number of benzene rings is 1. The molecule has 0 aromatic heterocycles. The molecule has 2 nitrogen and oxygen atoms in total. The highest BCUT2D eigenvalue weighted by molar-refractivity contribution is 5.64. The molecule has 2 heteroatoms. The Balaban J connectivity index is 1.96. The second-order valence-electron chi connectivity index (χ2n) is 5.09. The standard InChI is InChI=1S/C15H22N2/c1-12(15-6-4-3-5-7-15)10-17-11-14(9-16)8-13(17)2/h3-7,13-14H,1,8-11,16H2,2H3. The maximum Gasteiger partial charge on any atom is 0.0236 e. The summed E-state index contributed by atoms with van der Waals surface area (Å²) in [6.07, 6.45) is 1.22.